The minimum Gasteiger partial charge on any atom is -0.477 e. The van der Waals surface area contributed by atoms with Crippen LogP contribution < -0.4 is 5.32 Å². The normalized spacial score (nSPS) is 17.6. The number of carboxylic acid groups (broad SMARTS) is 1. The molecule has 1 heterocycles. The molecule has 18 heavy (non-hydrogen) atoms. The lowest BCUT2D eigenvalue weighted by molar-refractivity contribution is 0.0702. The van der Waals surface area contributed by atoms with Crippen molar-refractivity contribution in [2.45, 2.75) is 38.6 Å². The molecule has 0 bridgehead atoms. The molecular weight excluding hydrogens is 250 g/mol. The van der Waals surface area contributed by atoms with Crippen LogP contribution in [0.15, 0.2) is 12.1 Å². The van der Waals surface area contributed by atoms with Crippen LogP contribution in [0, 0.1) is 5.92 Å². The quantitative estimate of drug-likeness (QED) is 0.881. The van der Waals surface area contributed by atoms with Crippen LogP contribution in [-0.4, -0.2) is 23.0 Å². The van der Waals surface area contributed by atoms with E-state index in [2.05, 4.69) is 5.32 Å². The molecule has 0 aromatic carbocycles. The number of carboxylic acids is 1. The summed E-state index contributed by atoms with van der Waals surface area (Å²) in [6.07, 6.45) is 4.83. The van der Waals surface area contributed by atoms with E-state index in [0.717, 1.165) is 11.3 Å². The fourth-order valence-electron chi connectivity index (χ4n) is 2.43. The van der Waals surface area contributed by atoms with Crippen molar-refractivity contribution < 1.29 is 14.7 Å². The summed E-state index contributed by atoms with van der Waals surface area (Å²) in [4.78, 5) is 23.4. The molecule has 0 aliphatic heterocycles. The second kappa shape index (κ2) is 5.52. The average molecular weight is 267 g/mol. The SMILES string of the molecule is CC(NC(=O)c1ccc(C(=O)O)s1)C1CCCC1. The van der Waals surface area contributed by atoms with E-state index in [0.29, 0.717) is 10.8 Å². The number of rotatable bonds is 4. The molecule has 2 N–H and O–H groups in total. The summed E-state index contributed by atoms with van der Waals surface area (Å²) in [6, 6.07) is 3.21. The van der Waals surface area contributed by atoms with Gasteiger partial charge in [-0.15, -0.1) is 11.3 Å². The van der Waals surface area contributed by atoms with Crippen LogP contribution in [0.5, 0.6) is 0 Å². The summed E-state index contributed by atoms with van der Waals surface area (Å²) in [5.74, 6) is -0.581. The van der Waals surface area contributed by atoms with Crippen LogP contribution in [-0.2, 0) is 0 Å². The number of aromatic carboxylic acids is 1. The molecule has 0 radical (unpaired) electrons. The van der Waals surface area contributed by atoms with Gasteiger partial charge in [0.1, 0.15) is 4.88 Å². The van der Waals surface area contributed by atoms with Crippen LogP contribution in [0.25, 0.3) is 0 Å². The van der Waals surface area contributed by atoms with Gasteiger partial charge in [-0.25, -0.2) is 4.79 Å². The van der Waals surface area contributed by atoms with Gasteiger partial charge in [-0.3, -0.25) is 4.79 Å². The first-order valence-corrected chi connectivity index (χ1v) is 7.03. The molecule has 0 spiro atoms. The molecule has 1 unspecified atom stereocenters. The molecule has 2 rings (SSSR count). The van der Waals surface area contributed by atoms with Gasteiger partial charge in [0.15, 0.2) is 0 Å². The topological polar surface area (TPSA) is 66.4 Å². The third-order valence-corrected chi connectivity index (χ3v) is 4.58. The molecule has 5 heteroatoms. The van der Waals surface area contributed by atoms with Crippen molar-refractivity contribution in [3.63, 3.8) is 0 Å². The third-order valence-electron chi connectivity index (χ3n) is 3.51. The van der Waals surface area contributed by atoms with Gasteiger partial charge in [0.2, 0.25) is 0 Å². The molecule has 1 aromatic heterocycles. The Morgan fingerprint density at radius 1 is 1.33 bits per heavy atom. The van der Waals surface area contributed by atoms with Gasteiger partial charge in [-0.2, -0.15) is 0 Å². The number of hydrogen-bond acceptors (Lipinski definition) is 3. The van der Waals surface area contributed by atoms with E-state index in [1.54, 1.807) is 6.07 Å². The monoisotopic (exact) mass is 267 g/mol. The van der Waals surface area contributed by atoms with E-state index in [4.69, 9.17) is 5.11 Å². The Morgan fingerprint density at radius 2 is 1.94 bits per heavy atom. The highest BCUT2D eigenvalue weighted by molar-refractivity contribution is 7.15. The number of carbonyl (C=O) groups excluding carboxylic acids is 1. The zero-order valence-electron chi connectivity index (χ0n) is 10.3. The van der Waals surface area contributed by atoms with Gasteiger partial charge in [0.25, 0.3) is 5.91 Å². The summed E-state index contributed by atoms with van der Waals surface area (Å²) < 4.78 is 0. The number of amides is 1. The van der Waals surface area contributed by atoms with Crippen molar-refractivity contribution >= 4 is 23.2 Å². The summed E-state index contributed by atoms with van der Waals surface area (Å²) in [5.41, 5.74) is 0. The van der Waals surface area contributed by atoms with Gasteiger partial charge >= 0.3 is 5.97 Å². The number of nitrogens with one attached hydrogen (secondary N) is 1. The highest BCUT2D eigenvalue weighted by Crippen LogP contribution is 2.27. The van der Waals surface area contributed by atoms with Crippen molar-refractivity contribution in [2.24, 2.45) is 5.92 Å². The van der Waals surface area contributed by atoms with Crippen molar-refractivity contribution in [1.29, 1.82) is 0 Å². The molecule has 1 aliphatic rings. The average Bonchev–Trinajstić information content (AvgIpc) is 3.00. The first kappa shape index (κ1) is 13.1. The number of thiophene rings is 1. The molecule has 1 aliphatic carbocycles. The predicted molar refractivity (Wildman–Crippen MR) is 70.2 cm³/mol. The molecule has 0 saturated heterocycles. The molecule has 1 aromatic rings. The standard InChI is InChI=1S/C13H17NO3S/c1-8(9-4-2-3-5-9)14-12(15)10-6-7-11(18-10)13(16)17/h6-9H,2-5H2,1H3,(H,14,15)(H,16,17). The smallest absolute Gasteiger partial charge is 0.345 e. The Labute approximate surface area is 110 Å². The van der Waals surface area contributed by atoms with E-state index in [9.17, 15) is 9.59 Å². The molecule has 1 fully saturated rings. The van der Waals surface area contributed by atoms with E-state index >= 15 is 0 Å². The van der Waals surface area contributed by atoms with Crippen LogP contribution in [0.3, 0.4) is 0 Å². The first-order valence-electron chi connectivity index (χ1n) is 6.22. The highest BCUT2D eigenvalue weighted by atomic mass is 32.1. The van der Waals surface area contributed by atoms with Crippen LogP contribution >= 0.6 is 11.3 Å². The lowest BCUT2D eigenvalue weighted by Crippen LogP contribution is -2.36. The fraction of sp³-hybridized carbons (Fsp3) is 0.538. The zero-order chi connectivity index (χ0) is 13.1. The van der Waals surface area contributed by atoms with E-state index < -0.39 is 5.97 Å². The maximum atomic E-state index is 12.0. The van der Waals surface area contributed by atoms with Crippen molar-refractivity contribution in [3.05, 3.63) is 21.9 Å². The van der Waals surface area contributed by atoms with Gasteiger partial charge in [0, 0.05) is 6.04 Å². The van der Waals surface area contributed by atoms with Crippen LogP contribution in [0.2, 0.25) is 0 Å². The summed E-state index contributed by atoms with van der Waals surface area (Å²) in [7, 11) is 0. The largest absolute Gasteiger partial charge is 0.477 e. The van der Waals surface area contributed by atoms with Gasteiger partial charge in [-0.05, 0) is 37.8 Å². The van der Waals surface area contributed by atoms with Crippen molar-refractivity contribution in [3.8, 4) is 0 Å². The minimum absolute atomic E-state index is 0.160. The summed E-state index contributed by atoms with van der Waals surface area (Å²) in [5, 5.41) is 11.8. The summed E-state index contributed by atoms with van der Waals surface area (Å²) >= 11 is 1.02. The molecule has 1 atom stereocenters. The Kier molecular flexibility index (Phi) is 4.01. The van der Waals surface area contributed by atoms with Gasteiger partial charge in [-0.1, -0.05) is 12.8 Å². The number of hydrogen-bond donors (Lipinski definition) is 2. The molecular formula is C13H17NO3S. The number of carbonyl (C=O) groups is 2. The van der Waals surface area contributed by atoms with Crippen LogP contribution in [0.1, 0.15) is 52.0 Å². The third kappa shape index (κ3) is 2.90. The Bertz CT molecular complexity index is 449. The Hall–Kier alpha value is -1.36. The van der Waals surface area contributed by atoms with Gasteiger partial charge < -0.3 is 10.4 Å². The van der Waals surface area contributed by atoms with Crippen LogP contribution in [0.4, 0.5) is 0 Å². The maximum Gasteiger partial charge on any atom is 0.345 e. The minimum atomic E-state index is -0.983. The van der Waals surface area contributed by atoms with Crippen molar-refractivity contribution in [1.82, 2.24) is 5.32 Å². The predicted octanol–water partition coefficient (Wildman–Crippen LogP) is 2.75. The molecule has 4 nitrogen and oxygen atoms in total. The fourth-order valence-corrected chi connectivity index (χ4v) is 3.18. The lowest BCUT2D eigenvalue weighted by atomic mass is 10.00. The van der Waals surface area contributed by atoms with E-state index in [-0.39, 0.29) is 16.8 Å². The zero-order valence-corrected chi connectivity index (χ0v) is 11.1. The molecule has 98 valence electrons. The Balaban J connectivity index is 1.95. The Morgan fingerprint density at radius 3 is 2.50 bits per heavy atom. The molecule has 1 amide bonds. The highest BCUT2D eigenvalue weighted by Gasteiger charge is 2.23. The second-order valence-electron chi connectivity index (χ2n) is 4.78. The lowest BCUT2D eigenvalue weighted by Gasteiger charge is -2.19. The summed E-state index contributed by atoms with van der Waals surface area (Å²) in [6.45, 7) is 2.03. The van der Waals surface area contributed by atoms with E-state index in [1.165, 1.54) is 31.7 Å². The molecule has 1 saturated carbocycles. The second-order valence-corrected chi connectivity index (χ2v) is 5.86. The first-order chi connectivity index (χ1) is 8.58. The van der Waals surface area contributed by atoms with Gasteiger partial charge in [0.05, 0.1) is 4.88 Å². The maximum absolute atomic E-state index is 12.0. The van der Waals surface area contributed by atoms with Crippen molar-refractivity contribution in [2.75, 3.05) is 0 Å². The van der Waals surface area contributed by atoms with E-state index in [1.807, 2.05) is 6.92 Å².